The van der Waals surface area contributed by atoms with E-state index in [1.165, 1.54) is 0 Å². The summed E-state index contributed by atoms with van der Waals surface area (Å²) in [5.41, 5.74) is 8.43. The van der Waals surface area contributed by atoms with Crippen LogP contribution in [0.3, 0.4) is 0 Å². The second kappa shape index (κ2) is 10.2. The Labute approximate surface area is 186 Å². The van der Waals surface area contributed by atoms with Gasteiger partial charge in [-0.05, 0) is 68.5 Å². The number of aromatic carboxylic acids is 1. The summed E-state index contributed by atoms with van der Waals surface area (Å²) in [6.07, 6.45) is 1.30. The van der Waals surface area contributed by atoms with E-state index in [1.54, 1.807) is 31.2 Å². The molecule has 1 aromatic heterocycles. The molecule has 1 fully saturated rings. The van der Waals surface area contributed by atoms with Crippen molar-refractivity contribution in [1.82, 2.24) is 20.9 Å². The van der Waals surface area contributed by atoms with Gasteiger partial charge >= 0.3 is 5.97 Å². The molecule has 6 N–H and O–H groups in total. The van der Waals surface area contributed by atoms with Crippen molar-refractivity contribution >= 4 is 23.6 Å². The molecule has 0 radical (unpaired) electrons. The Morgan fingerprint density at radius 3 is 2.78 bits per heavy atom. The number of aryl methyl sites for hydroxylation is 1. The lowest BCUT2D eigenvalue weighted by molar-refractivity contribution is -0.129. The second-order valence-electron chi connectivity index (χ2n) is 8.20. The molecule has 2 aromatic rings. The Bertz CT molecular complexity index is 1010. The average molecular weight is 440 g/mol. The number of carbonyl (C=O) groups is 3. The third-order valence-electron chi connectivity index (χ3n) is 5.66. The highest BCUT2D eigenvalue weighted by atomic mass is 16.4. The van der Waals surface area contributed by atoms with E-state index in [0.717, 1.165) is 16.8 Å². The van der Waals surface area contributed by atoms with Crippen molar-refractivity contribution in [3.8, 4) is 0 Å². The smallest absolute Gasteiger partial charge is 0.335 e. The number of nitrogens with zero attached hydrogens (tertiary/aromatic N) is 1. The fourth-order valence-corrected chi connectivity index (χ4v) is 3.84. The Balaban J connectivity index is 1.46. The minimum atomic E-state index is -0.955. The SMILES string of the molecule is Cc1nc(N)ccc1CNC(=O)[C@H](C)NC(=O)[C@H]1C[C@H](Cc2cccc(C(=O)O)c2)CN1. The van der Waals surface area contributed by atoms with Crippen LogP contribution in [-0.4, -0.2) is 46.5 Å². The first-order valence-corrected chi connectivity index (χ1v) is 10.6. The number of nitrogens with two attached hydrogens (primary N) is 1. The lowest BCUT2D eigenvalue weighted by Crippen LogP contribution is -2.50. The van der Waals surface area contributed by atoms with Crippen molar-refractivity contribution in [2.75, 3.05) is 12.3 Å². The van der Waals surface area contributed by atoms with Crippen LogP contribution in [0.2, 0.25) is 0 Å². The predicted octanol–water partition coefficient (Wildman–Crippen LogP) is 1.01. The molecular weight excluding hydrogens is 410 g/mol. The normalized spacial score (nSPS) is 18.7. The van der Waals surface area contributed by atoms with E-state index in [9.17, 15) is 14.4 Å². The molecule has 9 heteroatoms. The summed E-state index contributed by atoms with van der Waals surface area (Å²) in [6.45, 7) is 4.42. The van der Waals surface area contributed by atoms with E-state index in [0.29, 0.717) is 31.7 Å². The van der Waals surface area contributed by atoms with Crippen molar-refractivity contribution in [3.05, 3.63) is 58.8 Å². The first kappa shape index (κ1) is 23.2. The van der Waals surface area contributed by atoms with Crippen molar-refractivity contribution < 1.29 is 19.5 Å². The van der Waals surface area contributed by atoms with Crippen LogP contribution >= 0.6 is 0 Å². The molecule has 1 aliphatic heterocycles. The van der Waals surface area contributed by atoms with E-state index in [-0.39, 0.29) is 29.3 Å². The Morgan fingerprint density at radius 2 is 2.06 bits per heavy atom. The topological polar surface area (TPSA) is 146 Å². The van der Waals surface area contributed by atoms with Crippen molar-refractivity contribution in [2.45, 2.75) is 45.3 Å². The lowest BCUT2D eigenvalue weighted by atomic mass is 9.95. The van der Waals surface area contributed by atoms with Crippen LogP contribution < -0.4 is 21.7 Å². The first-order chi connectivity index (χ1) is 15.2. The average Bonchev–Trinajstić information content (AvgIpc) is 3.21. The standard InChI is InChI=1S/C23H29N5O4/c1-13-18(6-7-20(24)27-13)12-26-21(29)14(2)28-22(30)19-10-16(11-25-19)8-15-4-3-5-17(9-15)23(31)32/h3-7,9,14,16,19,25H,8,10-12H2,1-2H3,(H2,24,27)(H,26,29)(H,28,30)(H,31,32)/t14-,16-,19+/m0/s1. The van der Waals surface area contributed by atoms with Crippen LogP contribution in [0.1, 0.15) is 40.5 Å². The Kier molecular flexibility index (Phi) is 7.42. The molecule has 0 saturated carbocycles. The van der Waals surface area contributed by atoms with Gasteiger partial charge in [-0.2, -0.15) is 0 Å². The molecule has 0 unspecified atom stereocenters. The molecule has 9 nitrogen and oxygen atoms in total. The maximum atomic E-state index is 12.6. The number of carboxylic acids is 1. The number of hydrogen-bond donors (Lipinski definition) is 5. The maximum absolute atomic E-state index is 12.6. The highest BCUT2D eigenvalue weighted by Gasteiger charge is 2.31. The van der Waals surface area contributed by atoms with Gasteiger partial charge in [-0.3, -0.25) is 9.59 Å². The van der Waals surface area contributed by atoms with Gasteiger partial charge in [0, 0.05) is 12.2 Å². The molecule has 3 rings (SSSR count). The number of nitrogens with one attached hydrogen (secondary N) is 3. The fraction of sp³-hybridized carbons (Fsp3) is 0.391. The lowest BCUT2D eigenvalue weighted by Gasteiger charge is -2.17. The van der Waals surface area contributed by atoms with Gasteiger partial charge in [-0.15, -0.1) is 0 Å². The van der Waals surface area contributed by atoms with Crippen LogP contribution in [0.15, 0.2) is 36.4 Å². The molecule has 0 bridgehead atoms. The van der Waals surface area contributed by atoms with Crippen LogP contribution in [0.5, 0.6) is 0 Å². The van der Waals surface area contributed by atoms with Gasteiger partial charge in [0.05, 0.1) is 11.6 Å². The summed E-state index contributed by atoms with van der Waals surface area (Å²) < 4.78 is 0. The van der Waals surface area contributed by atoms with Crippen LogP contribution in [-0.2, 0) is 22.6 Å². The molecule has 1 aromatic carbocycles. The number of amides is 2. The molecule has 0 spiro atoms. The number of hydrogen-bond acceptors (Lipinski definition) is 6. The molecule has 1 saturated heterocycles. The van der Waals surface area contributed by atoms with Crippen LogP contribution in [0, 0.1) is 12.8 Å². The van der Waals surface area contributed by atoms with Gasteiger partial charge in [-0.1, -0.05) is 18.2 Å². The summed E-state index contributed by atoms with van der Waals surface area (Å²) in [5, 5.41) is 17.9. The number of aromatic nitrogens is 1. The molecule has 2 heterocycles. The quantitative estimate of drug-likeness (QED) is 0.412. The van der Waals surface area contributed by atoms with Crippen LogP contribution in [0.25, 0.3) is 0 Å². The van der Waals surface area contributed by atoms with E-state index in [1.807, 2.05) is 19.1 Å². The summed E-state index contributed by atoms with van der Waals surface area (Å²) in [5.74, 6) is -0.826. The van der Waals surface area contributed by atoms with Gasteiger partial charge < -0.3 is 26.8 Å². The molecule has 3 atom stereocenters. The molecule has 1 aliphatic rings. The summed E-state index contributed by atoms with van der Waals surface area (Å²) in [6, 6.07) is 9.28. The van der Waals surface area contributed by atoms with Crippen molar-refractivity contribution in [2.24, 2.45) is 5.92 Å². The molecule has 2 amide bonds. The predicted molar refractivity (Wildman–Crippen MR) is 120 cm³/mol. The van der Waals surface area contributed by atoms with E-state index in [2.05, 4.69) is 20.9 Å². The third kappa shape index (κ3) is 6.04. The third-order valence-corrected chi connectivity index (χ3v) is 5.66. The zero-order valence-corrected chi connectivity index (χ0v) is 18.2. The number of pyridine rings is 1. The maximum Gasteiger partial charge on any atom is 0.335 e. The van der Waals surface area contributed by atoms with E-state index >= 15 is 0 Å². The highest BCUT2D eigenvalue weighted by Crippen LogP contribution is 2.20. The minimum absolute atomic E-state index is 0.208. The minimum Gasteiger partial charge on any atom is -0.478 e. The van der Waals surface area contributed by atoms with E-state index < -0.39 is 12.0 Å². The van der Waals surface area contributed by atoms with Crippen molar-refractivity contribution in [1.29, 1.82) is 0 Å². The van der Waals surface area contributed by atoms with Gasteiger partial charge in [-0.25, -0.2) is 9.78 Å². The van der Waals surface area contributed by atoms with Gasteiger partial charge in [0.15, 0.2) is 0 Å². The van der Waals surface area contributed by atoms with Crippen molar-refractivity contribution in [3.63, 3.8) is 0 Å². The molecule has 32 heavy (non-hydrogen) atoms. The number of rotatable bonds is 8. The summed E-state index contributed by atoms with van der Waals surface area (Å²) >= 11 is 0. The zero-order chi connectivity index (χ0) is 23.3. The first-order valence-electron chi connectivity index (χ1n) is 10.6. The fourth-order valence-electron chi connectivity index (χ4n) is 3.84. The van der Waals surface area contributed by atoms with Crippen LogP contribution in [0.4, 0.5) is 5.82 Å². The molecular formula is C23H29N5O4. The number of carbonyl (C=O) groups excluding carboxylic acids is 2. The van der Waals surface area contributed by atoms with Gasteiger partial charge in [0.25, 0.3) is 0 Å². The van der Waals surface area contributed by atoms with E-state index in [4.69, 9.17) is 10.8 Å². The number of anilines is 1. The Morgan fingerprint density at radius 1 is 1.28 bits per heavy atom. The summed E-state index contributed by atoms with van der Waals surface area (Å²) in [7, 11) is 0. The number of benzene rings is 1. The van der Waals surface area contributed by atoms with Gasteiger partial charge in [0.2, 0.25) is 11.8 Å². The largest absolute Gasteiger partial charge is 0.478 e. The zero-order valence-electron chi connectivity index (χ0n) is 18.2. The second-order valence-corrected chi connectivity index (χ2v) is 8.20. The highest BCUT2D eigenvalue weighted by molar-refractivity contribution is 5.89. The number of nitrogen functional groups attached to an aromatic ring is 1. The summed E-state index contributed by atoms with van der Waals surface area (Å²) in [4.78, 5) is 40.3. The molecule has 0 aliphatic carbocycles. The Hall–Kier alpha value is -3.46. The molecule has 170 valence electrons. The van der Waals surface area contributed by atoms with Gasteiger partial charge in [0.1, 0.15) is 11.9 Å². The monoisotopic (exact) mass is 439 g/mol. The number of carboxylic acid groups (broad SMARTS) is 1.